The van der Waals surface area contributed by atoms with Crippen LogP contribution in [0, 0.1) is 0 Å². The topological polar surface area (TPSA) is 117 Å². The predicted molar refractivity (Wildman–Crippen MR) is 125 cm³/mol. The lowest BCUT2D eigenvalue weighted by molar-refractivity contribution is -0.139. The zero-order valence-electron chi connectivity index (χ0n) is 17.1. The van der Waals surface area contributed by atoms with Gasteiger partial charge in [-0.25, -0.2) is 14.8 Å². The van der Waals surface area contributed by atoms with Crippen LogP contribution in [0.25, 0.3) is 22.6 Å². The Kier molecular flexibility index (Phi) is 6.76. The molecule has 0 aliphatic heterocycles. The number of nitrogens with zero attached hydrogens (tertiary/aromatic N) is 2. The summed E-state index contributed by atoms with van der Waals surface area (Å²) in [5.74, 6) is -0.412. The van der Waals surface area contributed by atoms with Crippen molar-refractivity contribution in [2.75, 3.05) is 13.2 Å². The van der Waals surface area contributed by atoms with Crippen molar-refractivity contribution in [1.29, 1.82) is 0 Å². The number of carboxylic acids is 1. The number of imidazole rings is 1. The third kappa shape index (κ3) is 5.24. The summed E-state index contributed by atoms with van der Waals surface area (Å²) in [5.41, 5.74) is 2.69. The summed E-state index contributed by atoms with van der Waals surface area (Å²) in [6, 6.07) is 13.8. The van der Waals surface area contributed by atoms with E-state index in [0.717, 1.165) is 5.56 Å². The summed E-state index contributed by atoms with van der Waals surface area (Å²) in [6.07, 6.45) is 1.98. The van der Waals surface area contributed by atoms with Crippen LogP contribution in [0.3, 0.4) is 0 Å². The largest absolute Gasteiger partial charge is 0.482 e. The van der Waals surface area contributed by atoms with Gasteiger partial charge in [0, 0.05) is 23.3 Å². The van der Waals surface area contributed by atoms with Gasteiger partial charge in [-0.1, -0.05) is 41.4 Å². The number of hydrogen-bond acceptors (Lipinski definition) is 5. The van der Waals surface area contributed by atoms with Gasteiger partial charge in [0.15, 0.2) is 12.3 Å². The van der Waals surface area contributed by atoms with Crippen molar-refractivity contribution in [3.05, 3.63) is 75.9 Å². The molecule has 0 radical (unpaired) electrons. The first kappa shape index (κ1) is 22.6. The molecule has 2 heterocycles. The number of para-hydroxylation sites is 1. The molecule has 0 unspecified atom stereocenters. The normalized spacial score (nSPS) is 10.8. The van der Waals surface area contributed by atoms with Crippen LogP contribution < -0.4 is 10.1 Å². The first-order valence-electron chi connectivity index (χ1n) is 9.93. The van der Waals surface area contributed by atoms with Crippen molar-refractivity contribution in [2.24, 2.45) is 0 Å². The lowest BCUT2D eigenvalue weighted by Gasteiger charge is -2.10. The molecule has 0 atom stereocenters. The van der Waals surface area contributed by atoms with Crippen molar-refractivity contribution in [2.45, 2.75) is 6.42 Å². The average molecular weight is 485 g/mol. The Labute approximate surface area is 198 Å². The number of carbonyl (C=O) groups excluding carboxylic acids is 1. The second-order valence-corrected chi connectivity index (χ2v) is 7.91. The predicted octanol–water partition coefficient (Wildman–Crippen LogP) is 4.37. The van der Waals surface area contributed by atoms with Crippen LogP contribution in [-0.2, 0) is 11.2 Å². The monoisotopic (exact) mass is 484 g/mol. The number of aromatic amines is 1. The third-order valence-electron chi connectivity index (χ3n) is 4.83. The van der Waals surface area contributed by atoms with Gasteiger partial charge in [0.1, 0.15) is 11.6 Å². The maximum absolute atomic E-state index is 12.9. The quantitative estimate of drug-likeness (QED) is 0.341. The van der Waals surface area contributed by atoms with Gasteiger partial charge < -0.3 is 20.1 Å². The van der Waals surface area contributed by atoms with Crippen LogP contribution >= 0.6 is 23.2 Å². The van der Waals surface area contributed by atoms with E-state index in [1.54, 1.807) is 36.4 Å². The van der Waals surface area contributed by atoms with Crippen molar-refractivity contribution >= 4 is 46.2 Å². The number of H-pyrrole nitrogens is 1. The number of ether oxygens (including phenoxy) is 1. The Morgan fingerprint density at radius 1 is 1.12 bits per heavy atom. The van der Waals surface area contributed by atoms with Crippen LogP contribution in [0.5, 0.6) is 5.75 Å². The van der Waals surface area contributed by atoms with Crippen LogP contribution in [0.15, 0.2) is 54.7 Å². The average Bonchev–Trinajstić information content (AvgIpc) is 3.22. The number of amides is 1. The number of halogens is 2. The van der Waals surface area contributed by atoms with Crippen molar-refractivity contribution < 1.29 is 19.4 Å². The standard InChI is InChI=1S/C23H18Cl2N4O4/c24-14-5-6-15(17(25)11-14)21-28-20-16(8-10-26-22(20)29-21)23(32)27-9-7-13-3-1-2-4-18(13)33-12-19(30)31/h1-6,8,10-11H,7,9,12H2,(H,27,32)(H,30,31)(H,26,28,29). The van der Waals surface area contributed by atoms with Gasteiger partial charge in [-0.3, -0.25) is 4.79 Å². The first-order chi connectivity index (χ1) is 15.9. The second-order valence-electron chi connectivity index (χ2n) is 7.06. The molecule has 4 rings (SSSR count). The molecule has 0 aliphatic carbocycles. The lowest BCUT2D eigenvalue weighted by Crippen LogP contribution is -2.26. The summed E-state index contributed by atoms with van der Waals surface area (Å²) in [7, 11) is 0. The number of aliphatic carboxylic acids is 1. The van der Waals surface area contributed by atoms with E-state index in [2.05, 4.69) is 20.3 Å². The van der Waals surface area contributed by atoms with Crippen LogP contribution in [0.4, 0.5) is 0 Å². The minimum Gasteiger partial charge on any atom is -0.482 e. The molecule has 4 aromatic rings. The highest BCUT2D eigenvalue weighted by molar-refractivity contribution is 6.36. The molecular weight excluding hydrogens is 467 g/mol. The van der Waals surface area contributed by atoms with E-state index < -0.39 is 12.6 Å². The maximum Gasteiger partial charge on any atom is 0.341 e. The van der Waals surface area contributed by atoms with Crippen LogP contribution in [0.2, 0.25) is 10.0 Å². The molecule has 0 spiro atoms. The first-order valence-corrected chi connectivity index (χ1v) is 10.7. The van der Waals surface area contributed by atoms with Gasteiger partial charge in [0.25, 0.3) is 5.91 Å². The molecule has 0 bridgehead atoms. The fourth-order valence-electron chi connectivity index (χ4n) is 3.31. The van der Waals surface area contributed by atoms with Crippen molar-refractivity contribution in [3.8, 4) is 17.1 Å². The molecule has 10 heteroatoms. The van der Waals surface area contributed by atoms with E-state index in [9.17, 15) is 9.59 Å². The fourth-order valence-corrected chi connectivity index (χ4v) is 3.80. The fraction of sp³-hybridized carbons (Fsp3) is 0.130. The molecule has 0 aliphatic rings. The van der Waals surface area contributed by atoms with Gasteiger partial charge in [0.2, 0.25) is 0 Å². The van der Waals surface area contributed by atoms with Crippen LogP contribution in [-0.4, -0.2) is 45.1 Å². The Morgan fingerprint density at radius 3 is 2.73 bits per heavy atom. The molecule has 2 aromatic heterocycles. The van der Waals surface area contributed by atoms with Gasteiger partial charge in [0.05, 0.1) is 16.1 Å². The van der Waals surface area contributed by atoms with E-state index in [1.165, 1.54) is 6.20 Å². The summed E-state index contributed by atoms with van der Waals surface area (Å²) in [6.45, 7) is -0.113. The number of aromatic nitrogens is 3. The van der Waals surface area contributed by atoms with Gasteiger partial charge >= 0.3 is 5.97 Å². The number of nitrogens with one attached hydrogen (secondary N) is 2. The number of carbonyl (C=O) groups is 2. The zero-order chi connectivity index (χ0) is 23.4. The number of pyridine rings is 1. The highest BCUT2D eigenvalue weighted by Crippen LogP contribution is 2.30. The Morgan fingerprint density at radius 2 is 1.94 bits per heavy atom. The van der Waals surface area contributed by atoms with E-state index in [4.69, 9.17) is 33.0 Å². The smallest absolute Gasteiger partial charge is 0.341 e. The third-order valence-corrected chi connectivity index (χ3v) is 5.37. The van der Waals surface area contributed by atoms with Gasteiger partial charge in [-0.15, -0.1) is 0 Å². The highest BCUT2D eigenvalue weighted by Gasteiger charge is 2.16. The molecule has 33 heavy (non-hydrogen) atoms. The Hall–Kier alpha value is -3.62. The summed E-state index contributed by atoms with van der Waals surface area (Å²) in [5, 5.41) is 12.6. The molecule has 2 aromatic carbocycles. The number of benzene rings is 2. The minimum absolute atomic E-state index is 0.302. The molecular formula is C23H18Cl2N4O4. The highest BCUT2D eigenvalue weighted by atomic mass is 35.5. The summed E-state index contributed by atoms with van der Waals surface area (Å²) < 4.78 is 5.31. The molecule has 0 fully saturated rings. The number of rotatable bonds is 8. The van der Waals surface area contributed by atoms with E-state index in [0.29, 0.717) is 56.9 Å². The summed E-state index contributed by atoms with van der Waals surface area (Å²) in [4.78, 5) is 35.5. The van der Waals surface area contributed by atoms with E-state index in [1.807, 2.05) is 12.1 Å². The summed E-state index contributed by atoms with van der Waals surface area (Å²) >= 11 is 12.3. The van der Waals surface area contributed by atoms with Gasteiger partial charge in [-0.05, 0) is 42.3 Å². The zero-order valence-corrected chi connectivity index (χ0v) is 18.7. The molecule has 0 saturated carbocycles. The second kappa shape index (κ2) is 9.89. The number of hydrogen-bond donors (Lipinski definition) is 3. The SMILES string of the molecule is O=C(O)COc1ccccc1CCNC(=O)c1ccnc2nc(-c3ccc(Cl)cc3Cl)[nH]c12. The molecule has 3 N–H and O–H groups in total. The maximum atomic E-state index is 12.9. The van der Waals surface area contributed by atoms with Crippen molar-refractivity contribution in [1.82, 2.24) is 20.3 Å². The number of fused-ring (bicyclic) bond motifs is 1. The van der Waals surface area contributed by atoms with Crippen LogP contribution in [0.1, 0.15) is 15.9 Å². The molecule has 8 nitrogen and oxygen atoms in total. The minimum atomic E-state index is -1.06. The Bertz CT molecular complexity index is 1340. The molecule has 0 saturated heterocycles. The van der Waals surface area contributed by atoms with E-state index in [-0.39, 0.29) is 5.91 Å². The molecule has 168 valence electrons. The molecule has 1 amide bonds. The lowest BCUT2D eigenvalue weighted by atomic mass is 10.1. The van der Waals surface area contributed by atoms with E-state index >= 15 is 0 Å². The number of carboxylic acid groups (broad SMARTS) is 1. The Balaban J connectivity index is 1.49. The van der Waals surface area contributed by atoms with Crippen molar-refractivity contribution in [3.63, 3.8) is 0 Å². The van der Waals surface area contributed by atoms with Gasteiger partial charge in [-0.2, -0.15) is 0 Å².